The summed E-state index contributed by atoms with van der Waals surface area (Å²) in [5.74, 6) is -0.408. The fourth-order valence-corrected chi connectivity index (χ4v) is 3.02. The van der Waals surface area contributed by atoms with Crippen LogP contribution in [0, 0.1) is 0 Å². The molecule has 2 aromatic carbocycles. The molecular formula is C19H16BrN3O4. The van der Waals surface area contributed by atoms with Gasteiger partial charge in [-0.05, 0) is 54.4 Å². The molecule has 1 heterocycles. The van der Waals surface area contributed by atoms with Gasteiger partial charge in [-0.2, -0.15) is 0 Å². The molecule has 0 aliphatic rings. The van der Waals surface area contributed by atoms with Gasteiger partial charge in [-0.15, -0.1) is 0 Å². The molecule has 0 aliphatic heterocycles. The van der Waals surface area contributed by atoms with Gasteiger partial charge in [0.1, 0.15) is 11.3 Å². The van der Waals surface area contributed by atoms with Crippen molar-refractivity contribution in [1.29, 1.82) is 0 Å². The normalized spacial score (nSPS) is 11.2. The molecule has 8 heteroatoms. The number of nitrogens with zero attached hydrogens (tertiary/aromatic N) is 2. The second kappa shape index (κ2) is 7.63. The zero-order chi connectivity index (χ0) is 19.6. The number of phenols is 1. The maximum absolute atomic E-state index is 12.3. The molecule has 0 bridgehead atoms. The van der Waals surface area contributed by atoms with Crippen molar-refractivity contribution in [3.8, 4) is 17.3 Å². The molecule has 0 saturated heterocycles. The first-order valence-corrected chi connectivity index (χ1v) is 8.90. The third-order valence-electron chi connectivity index (χ3n) is 3.98. The Bertz CT molecular complexity index is 1130. The second-order valence-corrected chi connectivity index (χ2v) is 6.65. The Kier molecular flexibility index (Phi) is 5.27. The molecule has 1 aromatic heterocycles. The standard InChI is InChI=1S/C19H16BrN3O4/c1-2-11-9-12(20)3-8-16(11)23-18(26)15(17(25)22-19(23)27)10-21-13-4-6-14(24)7-5-13/h3-10,24,26H,2H2,1H3,(H,22,25,27). The number of halogens is 1. The number of phenolic OH excluding ortho intramolecular Hbond substituents is 1. The third kappa shape index (κ3) is 3.85. The third-order valence-corrected chi connectivity index (χ3v) is 4.47. The SMILES string of the molecule is CCc1cc(Br)ccc1-n1c(O)c(C=Nc2ccc(O)cc2)c(=O)[nH]c1=O. The molecule has 0 radical (unpaired) electrons. The van der Waals surface area contributed by atoms with Gasteiger partial charge < -0.3 is 10.2 Å². The van der Waals surface area contributed by atoms with Crippen LogP contribution >= 0.6 is 15.9 Å². The van der Waals surface area contributed by atoms with Crippen molar-refractivity contribution in [3.63, 3.8) is 0 Å². The number of aliphatic imine (C=N–C) groups is 1. The van der Waals surface area contributed by atoms with Gasteiger partial charge in [0.2, 0.25) is 5.88 Å². The van der Waals surface area contributed by atoms with Crippen LogP contribution < -0.4 is 11.2 Å². The van der Waals surface area contributed by atoms with E-state index in [0.717, 1.165) is 14.6 Å². The minimum atomic E-state index is -0.744. The highest BCUT2D eigenvalue weighted by molar-refractivity contribution is 9.10. The first-order valence-electron chi connectivity index (χ1n) is 8.11. The lowest BCUT2D eigenvalue weighted by atomic mass is 10.1. The molecule has 27 heavy (non-hydrogen) atoms. The Labute approximate surface area is 162 Å². The van der Waals surface area contributed by atoms with Gasteiger partial charge in [-0.3, -0.25) is 14.8 Å². The molecule has 0 atom stereocenters. The lowest BCUT2D eigenvalue weighted by Gasteiger charge is -2.13. The number of aromatic amines is 1. The highest BCUT2D eigenvalue weighted by Gasteiger charge is 2.16. The van der Waals surface area contributed by atoms with Gasteiger partial charge in [-0.1, -0.05) is 22.9 Å². The summed E-state index contributed by atoms with van der Waals surface area (Å²) < 4.78 is 1.89. The van der Waals surface area contributed by atoms with Crippen LogP contribution in [0.2, 0.25) is 0 Å². The first-order chi connectivity index (χ1) is 12.9. The number of H-pyrrole nitrogens is 1. The number of hydrogen-bond donors (Lipinski definition) is 3. The highest BCUT2D eigenvalue weighted by atomic mass is 79.9. The van der Waals surface area contributed by atoms with Crippen LogP contribution in [0.3, 0.4) is 0 Å². The van der Waals surface area contributed by atoms with Crippen molar-refractivity contribution < 1.29 is 10.2 Å². The van der Waals surface area contributed by atoms with E-state index in [4.69, 9.17) is 0 Å². The van der Waals surface area contributed by atoms with Crippen LogP contribution in [0.5, 0.6) is 11.6 Å². The fraction of sp³-hybridized carbons (Fsp3) is 0.105. The molecule has 0 spiro atoms. The Morgan fingerprint density at radius 2 is 1.85 bits per heavy atom. The van der Waals surface area contributed by atoms with E-state index in [9.17, 15) is 19.8 Å². The molecular weight excluding hydrogens is 414 g/mol. The average Bonchev–Trinajstić information content (AvgIpc) is 2.63. The van der Waals surface area contributed by atoms with Gasteiger partial charge >= 0.3 is 5.69 Å². The molecule has 0 saturated carbocycles. The van der Waals surface area contributed by atoms with E-state index in [1.54, 1.807) is 24.3 Å². The molecule has 138 valence electrons. The monoisotopic (exact) mass is 429 g/mol. The van der Waals surface area contributed by atoms with E-state index in [0.29, 0.717) is 17.8 Å². The second-order valence-electron chi connectivity index (χ2n) is 5.73. The van der Waals surface area contributed by atoms with E-state index in [-0.39, 0.29) is 11.3 Å². The number of aryl methyl sites for hydroxylation is 1. The zero-order valence-corrected chi connectivity index (χ0v) is 15.9. The van der Waals surface area contributed by atoms with E-state index in [1.165, 1.54) is 18.3 Å². The summed E-state index contributed by atoms with van der Waals surface area (Å²) in [6.07, 6.45) is 1.80. The van der Waals surface area contributed by atoms with Crippen molar-refractivity contribution in [2.75, 3.05) is 0 Å². The smallest absolute Gasteiger partial charge is 0.335 e. The molecule has 0 amide bonds. The highest BCUT2D eigenvalue weighted by Crippen LogP contribution is 2.24. The van der Waals surface area contributed by atoms with Gasteiger partial charge in [0, 0.05) is 10.7 Å². The maximum atomic E-state index is 12.3. The molecule has 0 aliphatic carbocycles. The summed E-state index contributed by atoms with van der Waals surface area (Å²) in [5, 5.41) is 19.9. The quantitative estimate of drug-likeness (QED) is 0.553. The van der Waals surface area contributed by atoms with Crippen molar-refractivity contribution in [2.24, 2.45) is 4.99 Å². The van der Waals surface area contributed by atoms with Crippen molar-refractivity contribution >= 4 is 27.8 Å². The zero-order valence-electron chi connectivity index (χ0n) is 14.3. The number of aromatic nitrogens is 2. The van der Waals surface area contributed by atoms with Crippen LogP contribution in [0.25, 0.3) is 5.69 Å². The average molecular weight is 430 g/mol. The summed E-state index contributed by atoms with van der Waals surface area (Å²) in [4.78, 5) is 30.8. The minimum absolute atomic E-state index is 0.0885. The van der Waals surface area contributed by atoms with E-state index in [2.05, 4.69) is 25.9 Å². The number of nitrogens with one attached hydrogen (secondary N) is 1. The predicted molar refractivity (Wildman–Crippen MR) is 107 cm³/mol. The van der Waals surface area contributed by atoms with Crippen molar-refractivity contribution in [3.05, 3.63) is 78.9 Å². The number of aromatic hydroxyl groups is 2. The molecule has 0 fully saturated rings. The van der Waals surface area contributed by atoms with Gasteiger partial charge in [0.05, 0.1) is 11.4 Å². The predicted octanol–water partition coefficient (Wildman–Crippen LogP) is 3.01. The van der Waals surface area contributed by atoms with Gasteiger partial charge in [-0.25, -0.2) is 9.36 Å². The largest absolute Gasteiger partial charge is 0.508 e. The molecule has 7 nitrogen and oxygen atoms in total. The minimum Gasteiger partial charge on any atom is -0.508 e. The lowest BCUT2D eigenvalue weighted by Crippen LogP contribution is -2.31. The van der Waals surface area contributed by atoms with E-state index < -0.39 is 17.1 Å². The fourth-order valence-electron chi connectivity index (χ4n) is 2.61. The van der Waals surface area contributed by atoms with Crippen LogP contribution in [-0.2, 0) is 6.42 Å². The molecule has 3 aromatic rings. The Morgan fingerprint density at radius 3 is 2.52 bits per heavy atom. The molecule has 3 N–H and O–H groups in total. The summed E-state index contributed by atoms with van der Waals surface area (Å²) in [7, 11) is 0. The maximum Gasteiger partial charge on any atom is 0.335 e. The summed E-state index contributed by atoms with van der Waals surface area (Å²) in [6, 6.07) is 11.3. The Balaban J connectivity index is 2.15. The number of benzene rings is 2. The first kappa shape index (κ1) is 18.7. The summed E-state index contributed by atoms with van der Waals surface area (Å²) in [6.45, 7) is 1.92. The number of rotatable bonds is 4. The topological polar surface area (TPSA) is 108 Å². The van der Waals surface area contributed by atoms with Crippen molar-refractivity contribution in [2.45, 2.75) is 13.3 Å². The van der Waals surface area contributed by atoms with Crippen LogP contribution in [0.15, 0.2) is 61.5 Å². The Morgan fingerprint density at radius 1 is 1.15 bits per heavy atom. The van der Waals surface area contributed by atoms with Gasteiger partial charge in [0.15, 0.2) is 0 Å². The van der Waals surface area contributed by atoms with Crippen LogP contribution in [0.1, 0.15) is 18.1 Å². The molecule has 3 rings (SSSR count). The van der Waals surface area contributed by atoms with E-state index >= 15 is 0 Å². The lowest BCUT2D eigenvalue weighted by molar-refractivity contribution is 0.429. The van der Waals surface area contributed by atoms with Crippen LogP contribution in [-0.4, -0.2) is 26.0 Å². The molecule has 0 unspecified atom stereocenters. The van der Waals surface area contributed by atoms with E-state index in [1.807, 2.05) is 13.0 Å². The van der Waals surface area contributed by atoms with Crippen LogP contribution in [0.4, 0.5) is 5.69 Å². The summed E-state index contributed by atoms with van der Waals surface area (Å²) >= 11 is 3.38. The Hall–Kier alpha value is -3.13. The number of hydrogen-bond acceptors (Lipinski definition) is 5. The summed E-state index contributed by atoms with van der Waals surface area (Å²) in [5.41, 5.74) is 0.131. The van der Waals surface area contributed by atoms with Crippen molar-refractivity contribution in [1.82, 2.24) is 9.55 Å². The van der Waals surface area contributed by atoms with Gasteiger partial charge in [0.25, 0.3) is 5.56 Å².